The minimum absolute atomic E-state index is 0. The van der Waals surface area contributed by atoms with E-state index in [1.807, 2.05) is 54.6 Å². The molecule has 0 aliphatic heterocycles. The molecule has 1 heterocycles. The van der Waals surface area contributed by atoms with Crippen molar-refractivity contribution in [3.63, 3.8) is 0 Å². The van der Waals surface area contributed by atoms with Gasteiger partial charge in [0, 0.05) is 18.0 Å². The molecular weight excluding hydrogens is 427 g/mol. The summed E-state index contributed by atoms with van der Waals surface area (Å²) in [5, 5.41) is 12.3. The van der Waals surface area contributed by atoms with E-state index in [2.05, 4.69) is 10.3 Å². The summed E-state index contributed by atoms with van der Waals surface area (Å²) in [5.74, 6) is -0.895. The van der Waals surface area contributed by atoms with E-state index in [-0.39, 0.29) is 42.2 Å². The van der Waals surface area contributed by atoms with Crippen molar-refractivity contribution in [2.24, 2.45) is 0 Å². The number of benzene rings is 3. The molecule has 0 bridgehead atoms. The van der Waals surface area contributed by atoms with E-state index in [0.717, 1.165) is 22.3 Å². The van der Waals surface area contributed by atoms with Crippen LogP contribution in [-0.2, 0) is 0 Å². The number of pyridine rings is 1. The van der Waals surface area contributed by atoms with Gasteiger partial charge < -0.3 is 16.6 Å². The van der Waals surface area contributed by atoms with E-state index in [1.54, 1.807) is 31.5 Å². The Morgan fingerprint density at radius 2 is 1.58 bits per heavy atom. The number of carbonyl (C=O) groups excluding carboxylic acids is 1. The monoisotopic (exact) mass is 448 g/mol. The molecule has 0 saturated carbocycles. The third-order valence-electron chi connectivity index (χ3n) is 5.01. The fourth-order valence-corrected chi connectivity index (χ4v) is 3.36. The second kappa shape index (κ2) is 10.9. The molecule has 0 radical (unpaired) electrons. The van der Waals surface area contributed by atoms with Crippen LogP contribution in [0.25, 0.3) is 22.3 Å². The van der Waals surface area contributed by atoms with Crippen LogP contribution in [0.3, 0.4) is 0 Å². The van der Waals surface area contributed by atoms with Crippen molar-refractivity contribution < 1.29 is 50.4 Å². The Labute approximate surface area is 215 Å². The molecule has 4 aromatic rings. The molecular formula is C26H21N2NaO4. The first-order valence-electron chi connectivity index (χ1n) is 9.89. The number of amides is 1. The first-order chi connectivity index (χ1) is 15.5. The van der Waals surface area contributed by atoms with Crippen LogP contribution in [0.5, 0.6) is 5.75 Å². The first kappa shape index (κ1) is 24.2. The van der Waals surface area contributed by atoms with E-state index < -0.39 is 11.9 Å². The van der Waals surface area contributed by atoms with Crippen LogP contribution in [0.15, 0.2) is 91.3 Å². The molecule has 3 aromatic carbocycles. The molecule has 0 aliphatic rings. The molecule has 33 heavy (non-hydrogen) atoms. The quantitative estimate of drug-likeness (QED) is 0.443. The summed E-state index contributed by atoms with van der Waals surface area (Å²) in [6.07, 6.45) is 3.13. The van der Waals surface area contributed by atoms with Crippen molar-refractivity contribution in [1.29, 1.82) is 0 Å². The van der Waals surface area contributed by atoms with Crippen LogP contribution < -0.4 is 39.6 Å². The van der Waals surface area contributed by atoms with Gasteiger partial charge in [-0.3, -0.25) is 9.78 Å². The smallest absolute Gasteiger partial charge is 1.00 e. The maximum absolute atomic E-state index is 13.0. The van der Waals surface area contributed by atoms with Crippen molar-refractivity contribution in [3.8, 4) is 28.0 Å². The number of carboxylic acid groups (broad SMARTS) is 1. The number of hydrogen-bond donors (Lipinski definition) is 2. The second-order valence-corrected chi connectivity index (χ2v) is 7.08. The predicted molar refractivity (Wildman–Crippen MR) is 124 cm³/mol. The number of aromatic nitrogens is 1. The molecule has 2 N–H and O–H groups in total. The maximum Gasteiger partial charge on any atom is 1.00 e. The van der Waals surface area contributed by atoms with Gasteiger partial charge in [-0.15, -0.1) is 0 Å². The number of aromatic carboxylic acids is 1. The van der Waals surface area contributed by atoms with E-state index in [9.17, 15) is 14.7 Å². The number of methoxy groups -OCH3 is 1. The van der Waals surface area contributed by atoms with Crippen molar-refractivity contribution in [1.82, 2.24) is 4.98 Å². The molecule has 1 aromatic heterocycles. The van der Waals surface area contributed by atoms with Gasteiger partial charge >= 0.3 is 35.5 Å². The van der Waals surface area contributed by atoms with Gasteiger partial charge in [-0.2, -0.15) is 0 Å². The third kappa shape index (κ3) is 5.68. The summed E-state index contributed by atoms with van der Waals surface area (Å²) in [7, 11) is 1.58. The fourth-order valence-electron chi connectivity index (χ4n) is 3.36. The number of hydrogen-bond acceptors (Lipinski definition) is 4. The topological polar surface area (TPSA) is 88.5 Å². The van der Waals surface area contributed by atoms with Gasteiger partial charge in [0.2, 0.25) is 0 Å². The molecule has 0 aliphatic carbocycles. The van der Waals surface area contributed by atoms with Crippen molar-refractivity contribution in [2.75, 3.05) is 12.4 Å². The first-order valence-corrected chi connectivity index (χ1v) is 9.89. The molecule has 0 unspecified atom stereocenters. The van der Waals surface area contributed by atoms with E-state index in [0.29, 0.717) is 11.3 Å². The molecule has 6 nitrogen and oxygen atoms in total. The average molecular weight is 448 g/mol. The van der Waals surface area contributed by atoms with Gasteiger partial charge in [0.15, 0.2) is 0 Å². The summed E-state index contributed by atoms with van der Waals surface area (Å²) >= 11 is 0. The Balaban J connectivity index is 0.00000204. The Kier molecular flexibility index (Phi) is 8.01. The van der Waals surface area contributed by atoms with Crippen LogP contribution in [0.1, 0.15) is 22.1 Å². The van der Waals surface area contributed by atoms with Crippen LogP contribution >= 0.6 is 0 Å². The van der Waals surface area contributed by atoms with Crippen LogP contribution in [-0.4, -0.2) is 29.1 Å². The Morgan fingerprint density at radius 1 is 0.848 bits per heavy atom. The van der Waals surface area contributed by atoms with Crippen molar-refractivity contribution in [3.05, 3.63) is 102 Å². The number of carbonyl (C=O) groups is 2. The molecule has 0 spiro atoms. The third-order valence-corrected chi connectivity index (χ3v) is 5.01. The number of anilines is 1. The number of carboxylic acids is 1. The van der Waals surface area contributed by atoms with Crippen LogP contribution in [0.2, 0.25) is 0 Å². The Morgan fingerprint density at radius 3 is 2.30 bits per heavy atom. The fraction of sp³-hybridized carbons (Fsp3) is 0.0385. The van der Waals surface area contributed by atoms with Crippen LogP contribution in [0, 0.1) is 0 Å². The van der Waals surface area contributed by atoms with Gasteiger partial charge in [0.05, 0.1) is 23.9 Å². The molecule has 0 fully saturated rings. The zero-order valence-electron chi connectivity index (χ0n) is 19.3. The van der Waals surface area contributed by atoms with E-state index in [4.69, 9.17) is 4.74 Å². The molecule has 4 rings (SSSR count). The van der Waals surface area contributed by atoms with Crippen molar-refractivity contribution >= 4 is 17.6 Å². The van der Waals surface area contributed by atoms with E-state index in [1.165, 1.54) is 12.3 Å². The summed E-state index contributed by atoms with van der Waals surface area (Å²) in [5.41, 5.74) is 3.84. The van der Waals surface area contributed by atoms with Gasteiger partial charge in [0.1, 0.15) is 5.75 Å². The molecule has 160 valence electrons. The summed E-state index contributed by atoms with van der Waals surface area (Å²) < 4.78 is 5.27. The standard InChI is InChI=1S/C26H20N2O4.Na.H/c1-32-22-9-5-8-18(13-22)19-10-11-23(26(30)31)24(14-19)28-25(29)21-12-20(15-27-16-21)17-6-3-2-4-7-17;;/h2-16H,1H3,(H,28,29)(H,30,31);;/q;+1;-1. The summed E-state index contributed by atoms with van der Waals surface area (Å²) in [6, 6.07) is 23.5. The Bertz CT molecular complexity index is 1300. The normalized spacial score (nSPS) is 10.1. The number of ether oxygens (including phenoxy) is 1. The average Bonchev–Trinajstić information content (AvgIpc) is 2.84. The summed E-state index contributed by atoms with van der Waals surface area (Å²) in [6.45, 7) is 0. The minimum atomic E-state index is -1.13. The predicted octanol–water partition coefficient (Wildman–Crippen LogP) is 2.49. The largest absolute Gasteiger partial charge is 1.00 e. The minimum Gasteiger partial charge on any atom is -1.00 e. The van der Waals surface area contributed by atoms with E-state index >= 15 is 0 Å². The SMILES string of the molecule is COc1cccc(-c2ccc(C(=O)O)c(NC(=O)c3cncc(-c4ccccc4)c3)c2)c1.[H-].[Na+]. The Hall–Kier alpha value is -3.45. The number of rotatable bonds is 6. The second-order valence-electron chi connectivity index (χ2n) is 7.08. The van der Waals surface area contributed by atoms with Gasteiger partial charge in [-0.25, -0.2) is 4.79 Å². The summed E-state index contributed by atoms with van der Waals surface area (Å²) in [4.78, 5) is 28.9. The van der Waals surface area contributed by atoms with Crippen molar-refractivity contribution in [2.45, 2.75) is 0 Å². The maximum atomic E-state index is 13.0. The molecule has 0 atom stereocenters. The molecule has 7 heteroatoms. The van der Waals surface area contributed by atoms with Gasteiger partial charge in [-0.05, 0) is 47.0 Å². The number of nitrogens with one attached hydrogen (secondary N) is 1. The van der Waals surface area contributed by atoms with Gasteiger partial charge in [0.25, 0.3) is 5.91 Å². The number of nitrogens with zero attached hydrogens (tertiary/aromatic N) is 1. The van der Waals surface area contributed by atoms with Gasteiger partial charge in [-0.1, -0.05) is 48.5 Å². The van der Waals surface area contributed by atoms with Crippen LogP contribution in [0.4, 0.5) is 5.69 Å². The zero-order valence-corrected chi connectivity index (χ0v) is 20.3. The zero-order chi connectivity index (χ0) is 22.5. The molecule has 0 saturated heterocycles. The molecule has 1 amide bonds.